The lowest BCUT2D eigenvalue weighted by atomic mass is 9.88. The standard InChI is InChI=1S/C23H27ClN2S/c1-6-11-26-21-13-19(24)17(12-18(21)16(2)14-23(26,3)4)15-25-20-9-7-8-10-22(20)27-5/h7-10,12-15H,6,11H2,1-5H3. The molecule has 2 nitrogen and oxygen atoms in total. The van der Waals surface area contributed by atoms with Crippen molar-refractivity contribution >= 4 is 46.5 Å². The number of anilines is 1. The lowest BCUT2D eigenvalue weighted by Gasteiger charge is -2.43. The van der Waals surface area contributed by atoms with Crippen molar-refractivity contribution < 1.29 is 0 Å². The number of allylic oxidation sites excluding steroid dienone is 1. The van der Waals surface area contributed by atoms with Gasteiger partial charge in [-0.2, -0.15) is 0 Å². The van der Waals surface area contributed by atoms with Gasteiger partial charge in [0.2, 0.25) is 0 Å². The van der Waals surface area contributed by atoms with E-state index in [2.05, 4.69) is 63.1 Å². The summed E-state index contributed by atoms with van der Waals surface area (Å²) in [6.07, 6.45) is 7.40. The fourth-order valence-electron chi connectivity index (χ4n) is 3.72. The van der Waals surface area contributed by atoms with Crippen molar-refractivity contribution in [1.29, 1.82) is 0 Å². The molecule has 1 aliphatic heterocycles. The first-order valence-corrected chi connectivity index (χ1v) is 11.0. The molecule has 0 bridgehead atoms. The molecule has 0 saturated heterocycles. The zero-order chi connectivity index (χ0) is 19.6. The Morgan fingerprint density at radius 2 is 1.96 bits per heavy atom. The third-order valence-corrected chi connectivity index (χ3v) is 6.08. The summed E-state index contributed by atoms with van der Waals surface area (Å²) in [6, 6.07) is 12.4. The molecule has 2 aromatic carbocycles. The first-order valence-electron chi connectivity index (χ1n) is 9.35. The minimum absolute atomic E-state index is 0.0106. The maximum atomic E-state index is 6.66. The summed E-state index contributed by atoms with van der Waals surface area (Å²) < 4.78 is 0. The lowest BCUT2D eigenvalue weighted by molar-refractivity contribution is 0.550. The first-order chi connectivity index (χ1) is 12.9. The Hall–Kier alpha value is -1.71. The quantitative estimate of drug-likeness (QED) is 0.390. The number of rotatable bonds is 5. The monoisotopic (exact) mass is 398 g/mol. The number of aliphatic imine (C=N–C) groups is 1. The van der Waals surface area contributed by atoms with Crippen LogP contribution in [-0.2, 0) is 0 Å². The number of benzene rings is 2. The molecule has 1 heterocycles. The van der Waals surface area contributed by atoms with E-state index in [1.807, 2.05) is 24.4 Å². The van der Waals surface area contributed by atoms with Crippen LogP contribution in [0.15, 0.2) is 52.4 Å². The molecule has 0 spiro atoms. The Morgan fingerprint density at radius 1 is 1.22 bits per heavy atom. The summed E-state index contributed by atoms with van der Waals surface area (Å²) in [5.74, 6) is 0. The largest absolute Gasteiger partial charge is 0.362 e. The van der Waals surface area contributed by atoms with Crippen LogP contribution in [0, 0.1) is 0 Å². The highest BCUT2D eigenvalue weighted by molar-refractivity contribution is 7.98. The molecule has 4 heteroatoms. The molecule has 0 amide bonds. The number of thioether (sulfide) groups is 1. The fraction of sp³-hybridized carbons (Fsp3) is 0.348. The molecule has 0 saturated carbocycles. The molecule has 142 valence electrons. The number of hydrogen-bond acceptors (Lipinski definition) is 3. The van der Waals surface area contributed by atoms with Crippen molar-refractivity contribution in [2.45, 2.75) is 44.6 Å². The summed E-state index contributed by atoms with van der Waals surface area (Å²) in [6.45, 7) is 9.93. The molecule has 0 aromatic heterocycles. The topological polar surface area (TPSA) is 15.6 Å². The van der Waals surface area contributed by atoms with Crippen molar-refractivity contribution in [3.63, 3.8) is 0 Å². The summed E-state index contributed by atoms with van der Waals surface area (Å²) >= 11 is 8.37. The van der Waals surface area contributed by atoms with E-state index in [1.54, 1.807) is 11.8 Å². The first kappa shape index (κ1) is 20.0. The highest BCUT2D eigenvalue weighted by atomic mass is 35.5. The highest BCUT2D eigenvalue weighted by Gasteiger charge is 2.31. The molecule has 27 heavy (non-hydrogen) atoms. The van der Waals surface area contributed by atoms with Crippen LogP contribution < -0.4 is 4.90 Å². The van der Waals surface area contributed by atoms with Gasteiger partial charge in [-0.05, 0) is 63.3 Å². The van der Waals surface area contributed by atoms with Crippen molar-refractivity contribution in [3.8, 4) is 0 Å². The Balaban J connectivity index is 2.04. The molecule has 0 fully saturated rings. The molecule has 0 N–H and O–H groups in total. The van der Waals surface area contributed by atoms with Crippen LogP contribution in [-0.4, -0.2) is 24.6 Å². The Labute approximate surface area is 172 Å². The van der Waals surface area contributed by atoms with Gasteiger partial charge in [-0.1, -0.05) is 36.7 Å². The number of hydrogen-bond donors (Lipinski definition) is 0. The third kappa shape index (κ3) is 4.09. The molecule has 2 aromatic rings. The normalized spacial score (nSPS) is 15.8. The second-order valence-electron chi connectivity index (χ2n) is 7.45. The fourth-order valence-corrected chi connectivity index (χ4v) is 4.47. The van der Waals surface area contributed by atoms with Crippen LogP contribution in [0.2, 0.25) is 5.02 Å². The van der Waals surface area contributed by atoms with Crippen molar-refractivity contribution in [1.82, 2.24) is 0 Å². The van der Waals surface area contributed by atoms with Gasteiger partial charge in [-0.15, -0.1) is 11.8 Å². The van der Waals surface area contributed by atoms with Crippen LogP contribution in [0.1, 0.15) is 45.2 Å². The molecule has 0 radical (unpaired) electrons. The van der Waals surface area contributed by atoms with E-state index < -0.39 is 0 Å². The highest BCUT2D eigenvalue weighted by Crippen LogP contribution is 2.41. The van der Waals surface area contributed by atoms with Gasteiger partial charge in [0, 0.05) is 34.5 Å². The van der Waals surface area contributed by atoms with Crippen LogP contribution >= 0.6 is 23.4 Å². The molecular weight excluding hydrogens is 372 g/mol. The Morgan fingerprint density at radius 3 is 2.67 bits per heavy atom. The smallest absolute Gasteiger partial charge is 0.0765 e. The summed E-state index contributed by atoms with van der Waals surface area (Å²) in [7, 11) is 0. The number of para-hydroxylation sites is 1. The van der Waals surface area contributed by atoms with Gasteiger partial charge >= 0.3 is 0 Å². The van der Waals surface area contributed by atoms with E-state index in [9.17, 15) is 0 Å². The van der Waals surface area contributed by atoms with Gasteiger partial charge in [-0.25, -0.2) is 0 Å². The molecule has 1 aliphatic rings. The van der Waals surface area contributed by atoms with Gasteiger partial charge in [0.15, 0.2) is 0 Å². The van der Waals surface area contributed by atoms with Gasteiger partial charge in [0.05, 0.1) is 16.2 Å². The Bertz CT molecular complexity index is 899. The molecule has 0 unspecified atom stereocenters. The van der Waals surface area contributed by atoms with Gasteiger partial charge < -0.3 is 4.90 Å². The summed E-state index contributed by atoms with van der Waals surface area (Å²) in [5, 5.41) is 0.741. The molecule has 0 aliphatic carbocycles. The van der Waals surface area contributed by atoms with E-state index >= 15 is 0 Å². The van der Waals surface area contributed by atoms with Gasteiger partial charge in [0.1, 0.15) is 0 Å². The van der Waals surface area contributed by atoms with Crippen LogP contribution in [0.25, 0.3) is 5.57 Å². The van der Waals surface area contributed by atoms with Crippen molar-refractivity contribution in [2.24, 2.45) is 4.99 Å². The average molecular weight is 399 g/mol. The van der Waals surface area contributed by atoms with E-state index in [0.29, 0.717) is 0 Å². The van der Waals surface area contributed by atoms with Crippen LogP contribution in [0.3, 0.4) is 0 Å². The van der Waals surface area contributed by atoms with Gasteiger partial charge in [-0.3, -0.25) is 4.99 Å². The Kier molecular flexibility index (Phi) is 6.02. The SMILES string of the molecule is CCCN1c2cc(Cl)c(C=Nc3ccccc3SC)cc2C(C)=CC1(C)C. The summed E-state index contributed by atoms with van der Waals surface area (Å²) in [5.41, 5.74) is 5.66. The average Bonchev–Trinajstić information content (AvgIpc) is 2.63. The zero-order valence-electron chi connectivity index (χ0n) is 16.7. The van der Waals surface area contributed by atoms with Gasteiger partial charge in [0.25, 0.3) is 0 Å². The maximum Gasteiger partial charge on any atom is 0.0765 e. The second-order valence-corrected chi connectivity index (χ2v) is 8.71. The van der Waals surface area contributed by atoms with E-state index in [0.717, 1.165) is 34.1 Å². The van der Waals surface area contributed by atoms with E-state index in [4.69, 9.17) is 16.6 Å². The van der Waals surface area contributed by atoms with Crippen LogP contribution in [0.5, 0.6) is 0 Å². The minimum atomic E-state index is -0.0106. The predicted octanol–water partition coefficient (Wildman–Crippen LogP) is 7.22. The minimum Gasteiger partial charge on any atom is -0.362 e. The summed E-state index contributed by atoms with van der Waals surface area (Å²) in [4.78, 5) is 8.31. The zero-order valence-corrected chi connectivity index (χ0v) is 18.3. The third-order valence-electron chi connectivity index (χ3n) is 4.97. The molecule has 3 rings (SSSR count). The van der Waals surface area contributed by atoms with E-state index in [1.165, 1.54) is 16.8 Å². The van der Waals surface area contributed by atoms with Crippen molar-refractivity contribution in [2.75, 3.05) is 17.7 Å². The number of nitrogens with zero attached hydrogens (tertiary/aromatic N) is 2. The van der Waals surface area contributed by atoms with Crippen molar-refractivity contribution in [3.05, 3.63) is 58.6 Å². The molecule has 0 atom stereocenters. The lowest BCUT2D eigenvalue weighted by Crippen LogP contribution is -2.45. The predicted molar refractivity (Wildman–Crippen MR) is 122 cm³/mol. The maximum absolute atomic E-state index is 6.66. The number of halogens is 1. The molecular formula is C23H27ClN2S. The number of fused-ring (bicyclic) bond motifs is 1. The van der Waals surface area contributed by atoms with E-state index in [-0.39, 0.29) is 5.54 Å². The second kappa shape index (κ2) is 8.12. The van der Waals surface area contributed by atoms with Crippen LogP contribution in [0.4, 0.5) is 11.4 Å².